The molecule has 0 bridgehead atoms. The third-order valence-corrected chi connectivity index (χ3v) is 13.7. The highest BCUT2D eigenvalue weighted by atomic mass is 16.7. The number of esters is 3. The molecule has 0 amide bonds. The Balaban J connectivity index is 2.68. The van der Waals surface area contributed by atoms with Gasteiger partial charge in [0, 0.05) is 19.3 Å². The summed E-state index contributed by atoms with van der Waals surface area (Å²) in [4.78, 5) is 51.1. The summed E-state index contributed by atoms with van der Waals surface area (Å²) in [5.74, 6) is -3.12. The second kappa shape index (κ2) is 49.8. The number of rotatable bonds is 51. The van der Waals surface area contributed by atoms with Crippen LogP contribution in [0.5, 0.6) is 0 Å². The molecule has 0 aromatic rings. The lowest BCUT2D eigenvalue weighted by molar-refractivity contribution is -0.301. The summed E-state index contributed by atoms with van der Waals surface area (Å²) in [5.41, 5.74) is 0. The van der Waals surface area contributed by atoms with E-state index in [9.17, 15) is 34.5 Å². The van der Waals surface area contributed by atoms with Crippen LogP contribution < -0.4 is 0 Å². The first-order chi connectivity index (χ1) is 35.6. The largest absolute Gasteiger partial charge is 0.479 e. The average Bonchev–Trinajstić information content (AvgIpc) is 3.37. The van der Waals surface area contributed by atoms with Gasteiger partial charge in [-0.1, -0.05) is 224 Å². The number of unbranched alkanes of at least 4 members (excludes halogenated alkanes) is 31. The van der Waals surface area contributed by atoms with Crippen molar-refractivity contribution < 1.29 is 58.2 Å². The quantitative estimate of drug-likeness (QED) is 0.0228. The molecule has 12 heteroatoms. The summed E-state index contributed by atoms with van der Waals surface area (Å²) in [6, 6.07) is 0. The number of aliphatic hydroxyl groups excluding tert-OH is 2. The molecule has 6 atom stereocenters. The monoisotopic (exact) mass is 1030 g/mol. The summed E-state index contributed by atoms with van der Waals surface area (Å²) in [6.07, 6.45) is 45.4. The van der Waals surface area contributed by atoms with Gasteiger partial charge in [-0.25, -0.2) is 4.79 Å². The molecular weight excluding hydrogens is 925 g/mol. The maximum Gasteiger partial charge on any atom is 0.335 e. The number of allylic oxidation sites excluding steroid dienone is 6. The number of carboxylic acid groups (broad SMARTS) is 1. The number of ether oxygens (including phenoxy) is 5. The third kappa shape index (κ3) is 39.9. The van der Waals surface area contributed by atoms with E-state index in [-0.39, 0.29) is 25.9 Å². The highest BCUT2D eigenvalue weighted by Gasteiger charge is 2.50. The van der Waals surface area contributed by atoms with Crippen LogP contribution >= 0.6 is 0 Å². The van der Waals surface area contributed by atoms with Crippen LogP contribution in [-0.2, 0) is 42.9 Å². The lowest BCUT2D eigenvalue weighted by Crippen LogP contribution is -2.61. The number of carbonyl (C=O) groups excluding carboxylic acids is 3. The molecule has 1 saturated heterocycles. The number of carboxylic acids is 1. The first kappa shape index (κ1) is 68.0. The molecule has 1 fully saturated rings. The van der Waals surface area contributed by atoms with Crippen molar-refractivity contribution in [1.29, 1.82) is 0 Å². The molecule has 424 valence electrons. The first-order valence-corrected chi connectivity index (χ1v) is 30.0. The van der Waals surface area contributed by atoms with Crippen LogP contribution in [0.15, 0.2) is 36.5 Å². The number of hydrogen-bond donors (Lipinski definition) is 3. The Labute approximate surface area is 444 Å². The summed E-state index contributed by atoms with van der Waals surface area (Å²) in [6.45, 7) is 5.92. The van der Waals surface area contributed by atoms with Crippen LogP contribution in [-0.4, -0.2) is 89.2 Å². The zero-order valence-electron chi connectivity index (χ0n) is 46.6. The number of aliphatic hydroxyl groups is 2. The molecule has 0 aromatic heterocycles. The molecule has 0 spiro atoms. The van der Waals surface area contributed by atoms with Crippen molar-refractivity contribution in [3.63, 3.8) is 0 Å². The van der Waals surface area contributed by atoms with Gasteiger partial charge in [0.2, 0.25) is 0 Å². The van der Waals surface area contributed by atoms with E-state index in [4.69, 9.17) is 23.7 Å². The molecule has 73 heavy (non-hydrogen) atoms. The average molecular weight is 1030 g/mol. The number of aliphatic carboxylic acids is 1. The molecule has 0 aliphatic carbocycles. The Morgan fingerprint density at radius 3 is 1.30 bits per heavy atom. The standard InChI is InChI=1S/C61H108O12/c1-4-7-10-13-16-19-22-25-26-27-28-31-32-35-38-41-44-47-53(62)69-50-52(71-54(63)48-45-42-39-36-33-29-23-20-17-14-11-8-5-2)51-70-61-59(57(66)56(65)58(73-61)60(67)68)72-55(64)49-46-43-40-37-34-30-24-21-18-15-12-9-6-3/h11,14,20,23,25-26,52,56-59,61,65-66H,4-10,12-13,15-19,21-22,24,27-51H2,1-3H3,(H,67,68)/b14-11-,23-20-,26-25-. The zero-order valence-corrected chi connectivity index (χ0v) is 46.6. The fourth-order valence-corrected chi connectivity index (χ4v) is 9.05. The van der Waals surface area contributed by atoms with Crippen molar-refractivity contribution in [2.24, 2.45) is 0 Å². The Morgan fingerprint density at radius 2 is 0.849 bits per heavy atom. The second-order valence-electron chi connectivity index (χ2n) is 20.6. The van der Waals surface area contributed by atoms with Gasteiger partial charge in [-0.2, -0.15) is 0 Å². The van der Waals surface area contributed by atoms with E-state index < -0.39 is 67.3 Å². The van der Waals surface area contributed by atoms with Gasteiger partial charge in [0.15, 0.2) is 24.6 Å². The van der Waals surface area contributed by atoms with E-state index in [1.165, 1.54) is 116 Å². The molecule has 3 N–H and O–H groups in total. The van der Waals surface area contributed by atoms with E-state index in [2.05, 4.69) is 57.2 Å². The lowest BCUT2D eigenvalue weighted by atomic mass is 9.98. The van der Waals surface area contributed by atoms with Gasteiger partial charge in [0.25, 0.3) is 0 Å². The minimum atomic E-state index is -1.90. The van der Waals surface area contributed by atoms with Crippen molar-refractivity contribution >= 4 is 23.9 Å². The van der Waals surface area contributed by atoms with Gasteiger partial charge in [-0.15, -0.1) is 0 Å². The topological polar surface area (TPSA) is 175 Å². The van der Waals surface area contributed by atoms with E-state index in [0.717, 1.165) is 103 Å². The van der Waals surface area contributed by atoms with Crippen molar-refractivity contribution in [3.05, 3.63) is 36.5 Å². The maximum atomic E-state index is 13.1. The predicted octanol–water partition coefficient (Wildman–Crippen LogP) is 15.2. The van der Waals surface area contributed by atoms with Crippen LogP contribution in [0.3, 0.4) is 0 Å². The molecule has 1 aliphatic rings. The molecule has 6 unspecified atom stereocenters. The van der Waals surface area contributed by atoms with Crippen LogP contribution in [0, 0.1) is 0 Å². The van der Waals surface area contributed by atoms with Gasteiger partial charge in [-0.3, -0.25) is 14.4 Å². The van der Waals surface area contributed by atoms with Gasteiger partial charge in [0.05, 0.1) is 6.61 Å². The molecule has 1 heterocycles. The van der Waals surface area contributed by atoms with Gasteiger partial charge >= 0.3 is 23.9 Å². The summed E-state index contributed by atoms with van der Waals surface area (Å²) in [5, 5.41) is 31.5. The van der Waals surface area contributed by atoms with Gasteiger partial charge in [-0.05, 0) is 70.6 Å². The van der Waals surface area contributed by atoms with Crippen molar-refractivity contribution in [1.82, 2.24) is 0 Å². The van der Waals surface area contributed by atoms with Gasteiger partial charge < -0.3 is 39.0 Å². The predicted molar refractivity (Wildman–Crippen MR) is 294 cm³/mol. The van der Waals surface area contributed by atoms with E-state index >= 15 is 0 Å². The summed E-state index contributed by atoms with van der Waals surface area (Å²) < 4.78 is 28.4. The minimum Gasteiger partial charge on any atom is -0.479 e. The van der Waals surface area contributed by atoms with Crippen molar-refractivity contribution in [3.8, 4) is 0 Å². The summed E-state index contributed by atoms with van der Waals surface area (Å²) >= 11 is 0. The number of carbonyl (C=O) groups is 4. The molecular formula is C61H108O12. The SMILES string of the molecule is CCC/C=C\C/C=C\CCCCCCCC(=O)OC(COC(=O)CCCCCCCCC/C=C\CCCCCCCC)COC1OC(C(=O)O)C(O)C(O)C1OC(=O)CCCCCCCCCCCCCCC. The highest BCUT2D eigenvalue weighted by molar-refractivity contribution is 5.74. The Kier molecular flexibility index (Phi) is 46.4. The maximum absolute atomic E-state index is 13.1. The summed E-state index contributed by atoms with van der Waals surface area (Å²) in [7, 11) is 0. The number of hydrogen-bond acceptors (Lipinski definition) is 11. The molecule has 1 aliphatic heterocycles. The molecule has 0 aromatic carbocycles. The van der Waals surface area contributed by atoms with E-state index in [0.29, 0.717) is 19.3 Å². The third-order valence-electron chi connectivity index (χ3n) is 13.7. The van der Waals surface area contributed by atoms with Crippen LogP contribution in [0.2, 0.25) is 0 Å². The van der Waals surface area contributed by atoms with Crippen LogP contribution in [0.25, 0.3) is 0 Å². The van der Waals surface area contributed by atoms with E-state index in [1.54, 1.807) is 0 Å². The first-order valence-electron chi connectivity index (χ1n) is 30.0. The Bertz CT molecular complexity index is 1410. The molecule has 0 radical (unpaired) electrons. The zero-order chi connectivity index (χ0) is 53.3. The fourth-order valence-electron chi connectivity index (χ4n) is 9.05. The van der Waals surface area contributed by atoms with Crippen LogP contribution in [0.4, 0.5) is 0 Å². The van der Waals surface area contributed by atoms with E-state index in [1.807, 2.05) is 0 Å². The fraction of sp³-hybridized carbons (Fsp3) is 0.836. The molecule has 0 saturated carbocycles. The van der Waals surface area contributed by atoms with Crippen molar-refractivity contribution in [2.75, 3.05) is 13.2 Å². The Morgan fingerprint density at radius 1 is 0.452 bits per heavy atom. The minimum absolute atomic E-state index is 0.0632. The molecule has 1 rings (SSSR count). The second-order valence-corrected chi connectivity index (χ2v) is 20.6. The smallest absolute Gasteiger partial charge is 0.335 e. The highest BCUT2D eigenvalue weighted by Crippen LogP contribution is 2.26. The molecule has 12 nitrogen and oxygen atoms in total. The Hall–Kier alpha value is -3.06. The lowest BCUT2D eigenvalue weighted by Gasteiger charge is -2.40. The van der Waals surface area contributed by atoms with Crippen LogP contribution in [0.1, 0.15) is 278 Å². The normalized spacial score (nSPS) is 18.5. The van der Waals surface area contributed by atoms with Gasteiger partial charge in [0.1, 0.15) is 18.8 Å². The van der Waals surface area contributed by atoms with Crippen molar-refractivity contribution in [2.45, 2.75) is 314 Å².